The van der Waals surface area contributed by atoms with Crippen molar-refractivity contribution in [1.29, 1.82) is 0 Å². The number of hydrogen-bond donors (Lipinski definition) is 1. The van der Waals surface area contributed by atoms with E-state index >= 15 is 0 Å². The SMILES string of the molecule is C[C@@H]1Oc2ccccc2O[C@H]1C(=O)N1CCC[C@@H](N2CCNC2=O)C1. The van der Waals surface area contributed by atoms with Crippen LogP contribution in [0.1, 0.15) is 19.8 Å². The molecule has 3 amide bonds. The van der Waals surface area contributed by atoms with Gasteiger partial charge in [-0.15, -0.1) is 0 Å². The third-order valence-electron chi connectivity index (χ3n) is 5.12. The number of fused-ring (bicyclic) bond motifs is 1. The van der Waals surface area contributed by atoms with E-state index in [4.69, 9.17) is 9.47 Å². The van der Waals surface area contributed by atoms with Gasteiger partial charge in [-0.2, -0.15) is 0 Å². The van der Waals surface area contributed by atoms with Gasteiger partial charge >= 0.3 is 6.03 Å². The highest BCUT2D eigenvalue weighted by Gasteiger charge is 2.40. The van der Waals surface area contributed by atoms with Crippen LogP contribution in [0.3, 0.4) is 0 Å². The average molecular weight is 345 g/mol. The predicted molar refractivity (Wildman–Crippen MR) is 90.7 cm³/mol. The first-order chi connectivity index (χ1) is 12.1. The van der Waals surface area contributed by atoms with Gasteiger partial charge in [0.15, 0.2) is 11.5 Å². The van der Waals surface area contributed by atoms with Gasteiger partial charge < -0.3 is 24.6 Å². The fraction of sp³-hybridized carbons (Fsp3) is 0.556. The average Bonchev–Trinajstić information content (AvgIpc) is 3.06. The number of urea groups is 1. The number of para-hydroxylation sites is 2. The molecule has 2 saturated heterocycles. The highest BCUT2D eigenvalue weighted by atomic mass is 16.6. The van der Waals surface area contributed by atoms with E-state index in [1.54, 1.807) is 0 Å². The monoisotopic (exact) mass is 345 g/mol. The van der Waals surface area contributed by atoms with Gasteiger partial charge in [0, 0.05) is 26.2 Å². The van der Waals surface area contributed by atoms with Crippen LogP contribution in [0.15, 0.2) is 24.3 Å². The topological polar surface area (TPSA) is 71.1 Å². The first-order valence-electron chi connectivity index (χ1n) is 8.89. The minimum absolute atomic E-state index is 0.0288. The quantitative estimate of drug-likeness (QED) is 0.875. The molecule has 134 valence electrons. The molecule has 0 saturated carbocycles. The molecule has 1 N–H and O–H groups in total. The Hall–Kier alpha value is -2.44. The van der Waals surface area contributed by atoms with E-state index in [2.05, 4.69) is 5.32 Å². The van der Waals surface area contributed by atoms with Gasteiger partial charge in [-0.1, -0.05) is 12.1 Å². The van der Waals surface area contributed by atoms with Crippen molar-refractivity contribution in [3.8, 4) is 11.5 Å². The van der Waals surface area contributed by atoms with E-state index in [0.717, 1.165) is 12.8 Å². The number of carbonyl (C=O) groups excluding carboxylic acids is 2. The van der Waals surface area contributed by atoms with Crippen molar-refractivity contribution in [3.05, 3.63) is 24.3 Å². The van der Waals surface area contributed by atoms with Crippen molar-refractivity contribution >= 4 is 11.9 Å². The van der Waals surface area contributed by atoms with Gasteiger partial charge in [0.1, 0.15) is 6.10 Å². The highest BCUT2D eigenvalue weighted by Crippen LogP contribution is 2.34. The summed E-state index contributed by atoms with van der Waals surface area (Å²) >= 11 is 0. The number of likely N-dealkylation sites (tertiary alicyclic amines) is 1. The summed E-state index contributed by atoms with van der Waals surface area (Å²) in [5.74, 6) is 1.21. The Morgan fingerprint density at radius 3 is 2.68 bits per heavy atom. The molecule has 3 aliphatic rings. The van der Waals surface area contributed by atoms with Crippen LogP contribution >= 0.6 is 0 Å². The zero-order valence-corrected chi connectivity index (χ0v) is 14.3. The lowest BCUT2D eigenvalue weighted by molar-refractivity contribution is -0.146. The zero-order valence-electron chi connectivity index (χ0n) is 14.3. The number of ether oxygens (including phenoxy) is 2. The Morgan fingerprint density at radius 2 is 1.96 bits per heavy atom. The van der Waals surface area contributed by atoms with Crippen molar-refractivity contribution in [2.24, 2.45) is 0 Å². The van der Waals surface area contributed by atoms with Crippen LogP contribution in [0.4, 0.5) is 4.79 Å². The molecule has 0 spiro atoms. The largest absolute Gasteiger partial charge is 0.482 e. The molecule has 2 fully saturated rings. The predicted octanol–water partition coefficient (Wildman–Crippen LogP) is 1.23. The fourth-order valence-electron chi connectivity index (χ4n) is 3.81. The summed E-state index contributed by atoms with van der Waals surface area (Å²) in [5.41, 5.74) is 0. The number of rotatable bonds is 2. The van der Waals surface area contributed by atoms with Gasteiger partial charge in [0.2, 0.25) is 6.10 Å². The van der Waals surface area contributed by atoms with Crippen molar-refractivity contribution < 1.29 is 19.1 Å². The van der Waals surface area contributed by atoms with Gasteiger partial charge in [0.05, 0.1) is 6.04 Å². The first kappa shape index (κ1) is 16.1. The Labute approximate surface area is 146 Å². The Morgan fingerprint density at radius 1 is 1.20 bits per heavy atom. The molecule has 3 atom stereocenters. The standard InChI is InChI=1S/C18H23N3O4/c1-12-16(25-15-7-3-2-6-14(15)24-12)17(22)20-9-4-5-13(11-20)21-10-8-19-18(21)23/h2-3,6-7,12-13,16H,4-5,8-11H2,1H3,(H,19,23)/t12-,13+,16+/m0/s1. The molecule has 0 unspecified atom stereocenters. The molecule has 0 aromatic heterocycles. The summed E-state index contributed by atoms with van der Waals surface area (Å²) < 4.78 is 11.8. The summed E-state index contributed by atoms with van der Waals surface area (Å²) in [7, 11) is 0. The van der Waals surface area contributed by atoms with Crippen LogP contribution < -0.4 is 14.8 Å². The number of hydrogen-bond acceptors (Lipinski definition) is 4. The van der Waals surface area contributed by atoms with E-state index in [1.807, 2.05) is 41.0 Å². The van der Waals surface area contributed by atoms with Crippen molar-refractivity contribution in [2.45, 2.75) is 38.0 Å². The number of carbonyl (C=O) groups is 2. The van der Waals surface area contributed by atoms with Crippen LogP contribution in [0.5, 0.6) is 11.5 Å². The van der Waals surface area contributed by atoms with Crippen LogP contribution in [0.25, 0.3) is 0 Å². The Balaban J connectivity index is 1.46. The van der Waals surface area contributed by atoms with E-state index in [9.17, 15) is 9.59 Å². The molecule has 7 heteroatoms. The van der Waals surface area contributed by atoms with Crippen molar-refractivity contribution in [1.82, 2.24) is 15.1 Å². The van der Waals surface area contributed by atoms with Gasteiger partial charge in [-0.3, -0.25) is 4.79 Å². The van der Waals surface area contributed by atoms with Crippen LogP contribution in [-0.2, 0) is 4.79 Å². The number of amides is 3. The van der Waals surface area contributed by atoms with Gasteiger partial charge in [-0.05, 0) is 31.9 Å². The highest BCUT2D eigenvalue weighted by molar-refractivity contribution is 5.83. The molecule has 1 aromatic carbocycles. The summed E-state index contributed by atoms with van der Waals surface area (Å²) in [5, 5.41) is 2.83. The van der Waals surface area contributed by atoms with Crippen molar-refractivity contribution in [3.63, 3.8) is 0 Å². The number of benzene rings is 1. The van der Waals surface area contributed by atoms with Crippen molar-refractivity contribution in [2.75, 3.05) is 26.2 Å². The van der Waals surface area contributed by atoms with E-state index in [0.29, 0.717) is 37.7 Å². The summed E-state index contributed by atoms with van der Waals surface area (Å²) in [6, 6.07) is 7.45. The van der Waals surface area contributed by atoms with E-state index < -0.39 is 6.10 Å². The lowest BCUT2D eigenvalue weighted by Crippen LogP contribution is -2.56. The molecule has 4 rings (SSSR count). The molecular weight excluding hydrogens is 322 g/mol. The molecule has 25 heavy (non-hydrogen) atoms. The number of nitrogens with one attached hydrogen (secondary N) is 1. The molecule has 0 bridgehead atoms. The maximum atomic E-state index is 13.0. The molecule has 3 heterocycles. The van der Waals surface area contributed by atoms with E-state index in [1.165, 1.54) is 0 Å². The maximum absolute atomic E-state index is 13.0. The lowest BCUT2D eigenvalue weighted by atomic mass is 10.0. The molecule has 0 aliphatic carbocycles. The summed E-state index contributed by atoms with van der Waals surface area (Å²) in [4.78, 5) is 28.6. The van der Waals surface area contributed by atoms with Crippen LogP contribution in [-0.4, -0.2) is 66.2 Å². The minimum Gasteiger partial charge on any atom is -0.482 e. The second-order valence-electron chi connectivity index (χ2n) is 6.81. The third kappa shape index (κ3) is 2.99. The molecule has 0 radical (unpaired) electrons. The normalized spacial score (nSPS) is 28.7. The zero-order chi connectivity index (χ0) is 17.4. The first-order valence-corrected chi connectivity index (χ1v) is 8.89. The van der Waals surface area contributed by atoms with Crippen LogP contribution in [0.2, 0.25) is 0 Å². The summed E-state index contributed by atoms with van der Waals surface area (Å²) in [6.45, 7) is 4.49. The van der Waals surface area contributed by atoms with Crippen LogP contribution in [0, 0.1) is 0 Å². The number of piperidine rings is 1. The second-order valence-corrected chi connectivity index (χ2v) is 6.81. The maximum Gasteiger partial charge on any atom is 0.317 e. The minimum atomic E-state index is -0.652. The van der Waals surface area contributed by atoms with E-state index in [-0.39, 0.29) is 24.1 Å². The second kappa shape index (κ2) is 6.46. The number of nitrogens with zero attached hydrogens (tertiary/aromatic N) is 2. The lowest BCUT2D eigenvalue weighted by Gasteiger charge is -2.40. The van der Waals surface area contributed by atoms with Gasteiger partial charge in [-0.25, -0.2) is 4.79 Å². The Bertz CT molecular complexity index is 680. The van der Waals surface area contributed by atoms with Gasteiger partial charge in [0.25, 0.3) is 5.91 Å². The summed E-state index contributed by atoms with van der Waals surface area (Å²) in [6.07, 6.45) is 0.815. The molecule has 7 nitrogen and oxygen atoms in total. The molecular formula is C18H23N3O4. The Kier molecular flexibility index (Phi) is 4.15. The third-order valence-corrected chi connectivity index (χ3v) is 5.12. The smallest absolute Gasteiger partial charge is 0.317 e. The fourth-order valence-corrected chi connectivity index (χ4v) is 3.81. The molecule has 1 aromatic rings. The molecule has 3 aliphatic heterocycles.